The Labute approximate surface area is 127 Å². The smallest absolute Gasteiger partial charge is 0.175 e. The maximum absolute atomic E-state index is 11.5. The minimum absolute atomic E-state index is 0.221. The Balaban J connectivity index is 2.10. The van der Waals surface area contributed by atoms with Crippen LogP contribution >= 0.6 is 0 Å². The van der Waals surface area contributed by atoms with Gasteiger partial charge in [0.1, 0.15) is 0 Å². The lowest BCUT2D eigenvalue weighted by Gasteiger charge is -2.25. The molecule has 0 heterocycles. The van der Waals surface area contributed by atoms with Crippen molar-refractivity contribution in [3.05, 3.63) is 65.7 Å². The molecule has 0 N–H and O–H groups in total. The molecule has 112 valence electrons. The van der Waals surface area contributed by atoms with Crippen LogP contribution in [0, 0.1) is 0 Å². The highest BCUT2D eigenvalue weighted by Crippen LogP contribution is 2.22. The van der Waals surface area contributed by atoms with E-state index in [4.69, 9.17) is 0 Å². The van der Waals surface area contributed by atoms with Crippen LogP contribution in [0.4, 0.5) is 0 Å². The Bertz CT molecular complexity index is 678. The van der Waals surface area contributed by atoms with E-state index in [1.807, 2.05) is 30.3 Å². The zero-order valence-electron chi connectivity index (χ0n) is 12.7. The maximum Gasteiger partial charge on any atom is 0.175 e. The summed E-state index contributed by atoms with van der Waals surface area (Å²) >= 11 is 0. The Morgan fingerprint density at radius 1 is 1.00 bits per heavy atom. The van der Waals surface area contributed by atoms with Gasteiger partial charge >= 0.3 is 0 Å². The van der Waals surface area contributed by atoms with E-state index in [0.717, 1.165) is 12.1 Å². The van der Waals surface area contributed by atoms with E-state index in [0.29, 0.717) is 4.90 Å². The Kier molecular flexibility index (Phi) is 4.80. The van der Waals surface area contributed by atoms with E-state index in [1.54, 1.807) is 12.1 Å². The normalized spacial score (nSPS) is 13.3. The molecule has 2 rings (SSSR count). The van der Waals surface area contributed by atoms with Crippen LogP contribution in [-0.4, -0.2) is 26.6 Å². The van der Waals surface area contributed by atoms with E-state index in [9.17, 15) is 8.42 Å². The summed E-state index contributed by atoms with van der Waals surface area (Å²) in [4.78, 5) is 2.61. The van der Waals surface area contributed by atoms with E-state index in [1.165, 1.54) is 11.8 Å². The van der Waals surface area contributed by atoms with Crippen molar-refractivity contribution in [1.82, 2.24) is 4.90 Å². The maximum atomic E-state index is 11.5. The fourth-order valence-corrected chi connectivity index (χ4v) is 2.89. The molecule has 2 aromatic carbocycles. The van der Waals surface area contributed by atoms with Gasteiger partial charge in [0, 0.05) is 18.8 Å². The molecule has 1 atom stereocenters. The van der Waals surface area contributed by atoms with Crippen LogP contribution in [0.1, 0.15) is 24.1 Å². The molecule has 0 radical (unpaired) electrons. The lowest BCUT2D eigenvalue weighted by molar-refractivity contribution is 0.253. The zero-order chi connectivity index (χ0) is 15.5. The van der Waals surface area contributed by atoms with E-state index >= 15 is 0 Å². The first-order valence-corrected chi connectivity index (χ1v) is 8.81. The van der Waals surface area contributed by atoms with E-state index in [-0.39, 0.29) is 6.04 Å². The third-order valence-corrected chi connectivity index (χ3v) is 4.86. The Morgan fingerprint density at radius 2 is 1.57 bits per heavy atom. The van der Waals surface area contributed by atoms with Crippen molar-refractivity contribution in [3.63, 3.8) is 0 Å². The van der Waals surface area contributed by atoms with Crippen molar-refractivity contribution in [3.8, 4) is 0 Å². The van der Waals surface area contributed by atoms with Crippen LogP contribution in [0.25, 0.3) is 0 Å². The van der Waals surface area contributed by atoms with Gasteiger partial charge in [-0.05, 0) is 37.2 Å². The summed E-state index contributed by atoms with van der Waals surface area (Å²) in [6, 6.07) is 17.7. The summed E-state index contributed by atoms with van der Waals surface area (Å²) in [5.41, 5.74) is 2.38. The highest BCUT2D eigenvalue weighted by Gasteiger charge is 2.13. The van der Waals surface area contributed by atoms with Crippen LogP contribution < -0.4 is 0 Å². The van der Waals surface area contributed by atoms with E-state index < -0.39 is 9.84 Å². The molecule has 0 spiro atoms. The molecule has 2 aromatic rings. The second-order valence-corrected chi connectivity index (χ2v) is 7.43. The van der Waals surface area contributed by atoms with Crippen LogP contribution in [0.15, 0.2) is 59.5 Å². The van der Waals surface area contributed by atoms with Crippen molar-refractivity contribution in [1.29, 1.82) is 0 Å². The number of benzene rings is 2. The number of rotatable bonds is 5. The molecule has 0 aliphatic heterocycles. The summed E-state index contributed by atoms with van der Waals surface area (Å²) < 4.78 is 23.0. The van der Waals surface area contributed by atoms with Gasteiger partial charge in [-0.15, -0.1) is 0 Å². The van der Waals surface area contributed by atoms with E-state index in [2.05, 4.69) is 31.0 Å². The molecule has 0 saturated heterocycles. The predicted octanol–water partition coefficient (Wildman–Crippen LogP) is 3.28. The van der Waals surface area contributed by atoms with Gasteiger partial charge in [-0.2, -0.15) is 0 Å². The average molecular weight is 303 g/mol. The lowest BCUT2D eigenvalue weighted by atomic mass is 10.1. The zero-order valence-corrected chi connectivity index (χ0v) is 13.5. The average Bonchev–Trinajstić information content (AvgIpc) is 2.46. The topological polar surface area (TPSA) is 37.4 Å². The fraction of sp³-hybridized carbons (Fsp3) is 0.294. The summed E-state index contributed by atoms with van der Waals surface area (Å²) in [5.74, 6) is 0. The van der Waals surface area contributed by atoms with Gasteiger partial charge in [0.05, 0.1) is 4.90 Å². The second-order valence-electron chi connectivity index (χ2n) is 5.42. The number of sulfone groups is 1. The highest BCUT2D eigenvalue weighted by atomic mass is 32.2. The number of hydrogen-bond acceptors (Lipinski definition) is 3. The van der Waals surface area contributed by atoms with Crippen molar-refractivity contribution < 1.29 is 8.42 Å². The van der Waals surface area contributed by atoms with Gasteiger partial charge in [0.2, 0.25) is 0 Å². The number of hydrogen-bond donors (Lipinski definition) is 0. The van der Waals surface area contributed by atoms with Gasteiger partial charge in [0.25, 0.3) is 0 Å². The molecule has 0 aliphatic carbocycles. The largest absolute Gasteiger partial charge is 0.295 e. The molecule has 4 heteroatoms. The molecule has 0 saturated carbocycles. The quantitative estimate of drug-likeness (QED) is 0.850. The molecular formula is C17H21NO2S. The fourth-order valence-electron chi connectivity index (χ4n) is 2.26. The third-order valence-electron chi connectivity index (χ3n) is 3.73. The van der Waals surface area contributed by atoms with Gasteiger partial charge in [-0.3, -0.25) is 4.90 Å². The standard InChI is InChI=1S/C17H21NO2S/c1-14(18(2)13-15-7-5-4-6-8-15)16-9-11-17(12-10-16)21(3,19)20/h4-12,14H,13H2,1-3H3/t14-/m0/s1. The van der Waals surface area contributed by atoms with Crippen molar-refractivity contribution >= 4 is 9.84 Å². The SMILES string of the molecule is C[C@@H](c1ccc(S(C)(=O)=O)cc1)N(C)Cc1ccccc1. The van der Waals surface area contributed by atoms with Crippen molar-refractivity contribution in [2.45, 2.75) is 24.4 Å². The predicted molar refractivity (Wildman–Crippen MR) is 85.9 cm³/mol. The van der Waals surface area contributed by atoms with Crippen LogP contribution in [0.5, 0.6) is 0 Å². The molecule has 0 unspecified atom stereocenters. The van der Waals surface area contributed by atoms with Crippen LogP contribution in [0.3, 0.4) is 0 Å². The third kappa shape index (κ3) is 4.16. The first kappa shape index (κ1) is 15.7. The summed E-state index contributed by atoms with van der Waals surface area (Å²) in [5, 5.41) is 0. The summed E-state index contributed by atoms with van der Waals surface area (Å²) in [7, 11) is -1.06. The molecule has 3 nitrogen and oxygen atoms in total. The summed E-state index contributed by atoms with van der Waals surface area (Å²) in [6.07, 6.45) is 1.23. The first-order valence-electron chi connectivity index (χ1n) is 6.92. The Hall–Kier alpha value is -1.65. The monoisotopic (exact) mass is 303 g/mol. The van der Waals surface area contributed by atoms with Crippen molar-refractivity contribution in [2.75, 3.05) is 13.3 Å². The summed E-state index contributed by atoms with van der Waals surface area (Å²) in [6.45, 7) is 2.98. The van der Waals surface area contributed by atoms with Gasteiger partial charge in [0.15, 0.2) is 9.84 Å². The highest BCUT2D eigenvalue weighted by molar-refractivity contribution is 7.90. The van der Waals surface area contributed by atoms with Gasteiger partial charge in [-0.25, -0.2) is 8.42 Å². The van der Waals surface area contributed by atoms with Gasteiger partial charge < -0.3 is 0 Å². The molecule has 0 aliphatic rings. The molecule has 21 heavy (non-hydrogen) atoms. The van der Waals surface area contributed by atoms with Gasteiger partial charge in [-0.1, -0.05) is 42.5 Å². The lowest BCUT2D eigenvalue weighted by Crippen LogP contribution is -2.21. The minimum Gasteiger partial charge on any atom is -0.295 e. The molecular weight excluding hydrogens is 282 g/mol. The number of nitrogens with zero attached hydrogens (tertiary/aromatic N) is 1. The van der Waals surface area contributed by atoms with Crippen LogP contribution in [-0.2, 0) is 16.4 Å². The second kappa shape index (κ2) is 6.41. The molecule has 0 aromatic heterocycles. The van der Waals surface area contributed by atoms with Crippen LogP contribution in [0.2, 0.25) is 0 Å². The molecule has 0 amide bonds. The first-order chi connectivity index (χ1) is 9.88. The molecule has 0 fully saturated rings. The minimum atomic E-state index is -3.13. The Morgan fingerprint density at radius 3 is 2.10 bits per heavy atom. The molecule has 0 bridgehead atoms. The van der Waals surface area contributed by atoms with Crippen molar-refractivity contribution in [2.24, 2.45) is 0 Å².